The first-order chi connectivity index (χ1) is 23.5. The summed E-state index contributed by atoms with van der Waals surface area (Å²) in [4.78, 5) is 30.7. The van der Waals surface area contributed by atoms with E-state index in [1.54, 1.807) is 13.8 Å². The molecule has 1 fully saturated rings. The number of carbonyl (C=O) groups excluding carboxylic acids is 2. The summed E-state index contributed by atoms with van der Waals surface area (Å²) in [7, 11) is 2.01. The van der Waals surface area contributed by atoms with Crippen LogP contribution in [0.3, 0.4) is 0 Å². The summed E-state index contributed by atoms with van der Waals surface area (Å²) in [6.07, 6.45) is 1.79. The van der Waals surface area contributed by atoms with Gasteiger partial charge in [0, 0.05) is 47.3 Å². The molecule has 1 unspecified atom stereocenters. The molecule has 0 aromatic heterocycles. The average Bonchev–Trinajstić information content (AvgIpc) is 3.58. The van der Waals surface area contributed by atoms with E-state index in [0.717, 1.165) is 27.8 Å². The van der Waals surface area contributed by atoms with Gasteiger partial charge in [0.15, 0.2) is 11.5 Å². The molecular formula is C38H43N5O6. The Labute approximate surface area is 286 Å². The number of amides is 2. The Bertz CT molecular complexity index is 1870. The van der Waals surface area contributed by atoms with Crippen molar-refractivity contribution >= 4 is 11.8 Å². The number of piperazine rings is 1. The molecule has 3 aromatic carbocycles. The van der Waals surface area contributed by atoms with E-state index in [0.29, 0.717) is 47.5 Å². The zero-order valence-electron chi connectivity index (χ0n) is 28.5. The predicted octanol–water partition coefficient (Wildman–Crippen LogP) is 3.78. The third-order valence-corrected chi connectivity index (χ3v) is 11.2. The Kier molecular flexibility index (Phi) is 8.41. The van der Waals surface area contributed by atoms with Gasteiger partial charge in [0.25, 0.3) is 0 Å². The molecule has 11 heteroatoms. The van der Waals surface area contributed by atoms with Gasteiger partial charge in [-0.2, -0.15) is 5.26 Å². The molecule has 6 atom stereocenters. The second kappa shape index (κ2) is 12.6. The first kappa shape index (κ1) is 32.7. The van der Waals surface area contributed by atoms with E-state index in [4.69, 9.17) is 9.47 Å². The number of carbonyl (C=O) groups is 2. The number of hydrogen-bond acceptors (Lipinski definition) is 9. The fraction of sp³-hybridized carbons (Fsp3) is 0.447. The van der Waals surface area contributed by atoms with Gasteiger partial charge in [-0.25, -0.2) is 0 Å². The molecule has 4 aliphatic heterocycles. The maximum atomic E-state index is 13.5. The highest BCUT2D eigenvalue weighted by molar-refractivity contribution is 5.87. The molecule has 11 nitrogen and oxygen atoms in total. The minimum Gasteiger partial charge on any atom is -0.507 e. The van der Waals surface area contributed by atoms with Crippen LogP contribution >= 0.6 is 0 Å². The smallest absolute Gasteiger partial charge is 0.242 e. The van der Waals surface area contributed by atoms with Crippen LogP contribution in [-0.2, 0) is 28.9 Å². The summed E-state index contributed by atoms with van der Waals surface area (Å²) >= 11 is 0. The number of phenols is 2. The number of nitriles is 1. The summed E-state index contributed by atoms with van der Waals surface area (Å²) in [5.74, 6) is 0.757. The predicted molar refractivity (Wildman–Crippen MR) is 181 cm³/mol. The molecule has 1 saturated heterocycles. The molecular weight excluding hydrogens is 622 g/mol. The summed E-state index contributed by atoms with van der Waals surface area (Å²) in [5.41, 5.74) is 6.70. The second-order valence-electron chi connectivity index (χ2n) is 13.9. The van der Waals surface area contributed by atoms with E-state index in [-0.39, 0.29) is 61.2 Å². The van der Waals surface area contributed by atoms with Crippen LogP contribution in [0.2, 0.25) is 0 Å². The van der Waals surface area contributed by atoms with Crippen molar-refractivity contribution in [3.8, 4) is 29.1 Å². The Morgan fingerprint density at radius 2 is 1.76 bits per heavy atom. The molecule has 4 heterocycles. The number of likely N-dealkylation sites (N-methyl/N-ethyl adjacent to an activating group) is 1. The van der Waals surface area contributed by atoms with E-state index >= 15 is 0 Å². The van der Waals surface area contributed by atoms with Gasteiger partial charge in [0.1, 0.15) is 23.6 Å². The normalized spacial score (nSPS) is 24.2. The lowest BCUT2D eigenvalue weighted by Crippen LogP contribution is -2.69. The number of nitrogens with one attached hydrogen (secondary N) is 2. The van der Waals surface area contributed by atoms with E-state index in [1.807, 2.05) is 51.2 Å². The molecule has 2 amide bonds. The van der Waals surface area contributed by atoms with Crippen molar-refractivity contribution in [1.82, 2.24) is 20.4 Å². The van der Waals surface area contributed by atoms with Gasteiger partial charge in [-0.05, 0) is 76.3 Å². The van der Waals surface area contributed by atoms with Crippen molar-refractivity contribution < 1.29 is 29.3 Å². The topological polar surface area (TPSA) is 147 Å². The number of benzene rings is 3. The lowest BCUT2D eigenvalue weighted by molar-refractivity contribution is -0.129. The van der Waals surface area contributed by atoms with E-state index < -0.39 is 18.1 Å². The quantitative estimate of drug-likeness (QED) is 0.296. The molecule has 0 spiro atoms. The third kappa shape index (κ3) is 5.34. The average molecular weight is 666 g/mol. The van der Waals surface area contributed by atoms with Crippen LogP contribution in [0.15, 0.2) is 36.4 Å². The molecule has 7 rings (SSSR count). The minimum atomic E-state index is -0.799. The number of aryl methyl sites for hydroxylation is 2. The number of rotatable bonds is 7. The van der Waals surface area contributed by atoms with Gasteiger partial charge in [-0.3, -0.25) is 19.4 Å². The van der Waals surface area contributed by atoms with Gasteiger partial charge in [-0.15, -0.1) is 0 Å². The minimum absolute atomic E-state index is 0.00381. The zero-order valence-corrected chi connectivity index (χ0v) is 28.5. The highest BCUT2D eigenvalue weighted by Gasteiger charge is 2.56. The number of ether oxygens (including phenoxy) is 2. The molecule has 0 aliphatic carbocycles. The molecule has 2 bridgehead atoms. The monoisotopic (exact) mass is 665 g/mol. The number of nitrogens with zero attached hydrogens (tertiary/aromatic N) is 3. The van der Waals surface area contributed by atoms with Gasteiger partial charge in [0.2, 0.25) is 18.6 Å². The van der Waals surface area contributed by atoms with Crippen LogP contribution in [0.25, 0.3) is 0 Å². The van der Waals surface area contributed by atoms with Crippen molar-refractivity contribution in [2.45, 2.75) is 89.6 Å². The number of aromatic hydroxyl groups is 2. The van der Waals surface area contributed by atoms with Crippen molar-refractivity contribution in [3.63, 3.8) is 0 Å². The number of fused-ring (bicyclic) bond motifs is 9. The summed E-state index contributed by atoms with van der Waals surface area (Å²) in [6.45, 7) is 7.45. The summed E-state index contributed by atoms with van der Waals surface area (Å²) in [6, 6.07) is 11.7. The Hall–Kier alpha value is -4.79. The Morgan fingerprint density at radius 3 is 2.49 bits per heavy atom. The van der Waals surface area contributed by atoms with Crippen molar-refractivity contribution in [3.05, 3.63) is 80.9 Å². The highest BCUT2D eigenvalue weighted by Crippen LogP contribution is 2.57. The second-order valence-corrected chi connectivity index (χ2v) is 13.9. The SMILES string of the molecule is Cc1cc2c(c(O)c1C)[C@@H]1C3Cc4c(O)c(C)c5c(c4[C@H](CNC(=O)[C@H](C)NC(=O)CCc4ccccc4)N3[C@@H](C#N)[C@H](C2)N1C)OCO5. The van der Waals surface area contributed by atoms with Crippen molar-refractivity contribution in [1.29, 1.82) is 5.26 Å². The Morgan fingerprint density at radius 1 is 1.02 bits per heavy atom. The van der Waals surface area contributed by atoms with Crippen LogP contribution in [-0.4, -0.2) is 76.4 Å². The molecule has 256 valence electrons. The van der Waals surface area contributed by atoms with Crippen LogP contribution in [0, 0.1) is 32.1 Å². The van der Waals surface area contributed by atoms with E-state index in [9.17, 15) is 25.1 Å². The van der Waals surface area contributed by atoms with Crippen LogP contribution in [0.5, 0.6) is 23.0 Å². The molecule has 49 heavy (non-hydrogen) atoms. The maximum Gasteiger partial charge on any atom is 0.242 e. The van der Waals surface area contributed by atoms with Crippen molar-refractivity contribution in [2.75, 3.05) is 20.4 Å². The van der Waals surface area contributed by atoms with Gasteiger partial charge in [0.05, 0.1) is 18.2 Å². The standard InChI is InChI=1S/C38H43N5O6/c1-19-13-24-14-26-28(16-39)43-27(33(42(26)5)31(24)35(46)20(19)2)15-25-32(37-36(48-18-49-37)21(3)34(25)45)29(43)17-40-38(47)22(4)41-30(44)12-11-23-9-7-6-8-10-23/h6-10,13,22,26-29,33,45-46H,11-12,14-15,17-18H2,1-5H3,(H,40,47)(H,41,44)/t22-,26-,27?,28-,29-,33-/m0/s1. The fourth-order valence-corrected chi connectivity index (χ4v) is 8.54. The zero-order chi connectivity index (χ0) is 34.7. The molecule has 0 saturated carbocycles. The van der Waals surface area contributed by atoms with Crippen molar-refractivity contribution in [2.24, 2.45) is 0 Å². The first-order valence-corrected chi connectivity index (χ1v) is 17.0. The molecule has 0 radical (unpaired) electrons. The molecule has 4 aliphatic rings. The molecule has 4 N–H and O–H groups in total. The number of hydrogen-bond donors (Lipinski definition) is 4. The summed E-state index contributed by atoms with van der Waals surface area (Å²) < 4.78 is 11.9. The van der Waals surface area contributed by atoms with Crippen LogP contribution in [0.4, 0.5) is 0 Å². The lowest BCUT2D eigenvalue weighted by Gasteiger charge is -2.60. The van der Waals surface area contributed by atoms with Gasteiger partial charge >= 0.3 is 0 Å². The fourth-order valence-electron chi connectivity index (χ4n) is 8.54. The molecule has 3 aromatic rings. The third-order valence-electron chi connectivity index (χ3n) is 11.2. The highest BCUT2D eigenvalue weighted by atomic mass is 16.7. The first-order valence-electron chi connectivity index (χ1n) is 17.0. The van der Waals surface area contributed by atoms with Gasteiger partial charge in [-0.1, -0.05) is 36.4 Å². The Balaban J connectivity index is 1.23. The van der Waals surface area contributed by atoms with Crippen LogP contribution in [0.1, 0.15) is 69.9 Å². The summed E-state index contributed by atoms with van der Waals surface area (Å²) in [5, 5.41) is 39.9. The maximum absolute atomic E-state index is 13.5. The van der Waals surface area contributed by atoms with E-state index in [1.165, 1.54) is 0 Å². The number of phenolic OH excluding ortho intramolecular Hbond substituents is 2. The lowest BCUT2D eigenvalue weighted by atomic mass is 9.71. The van der Waals surface area contributed by atoms with Crippen LogP contribution < -0.4 is 20.1 Å². The van der Waals surface area contributed by atoms with Gasteiger partial charge < -0.3 is 30.3 Å². The van der Waals surface area contributed by atoms with E-state index in [2.05, 4.69) is 32.6 Å². The largest absolute Gasteiger partial charge is 0.507 e.